The van der Waals surface area contributed by atoms with Crippen LogP contribution in [0.2, 0.25) is 0 Å². The van der Waals surface area contributed by atoms with Crippen LogP contribution in [0.1, 0.15) is 40.5 Å². The van der Waals surface area contributed by atoms with Gasteiger partial charge in [0.25, 0.3) is 11.8 Å². The molecule has 24 heavy (non-hydrogen) atoms. The third-order valence-electron chi connectivity index (χ3n) is 5.46. The minimum atomic E-state index is -2.18. The van der Waals surface area contributed by atoms with Crippen molar-refractivity contribution in [3.05, 3.63) is 0 Å². The van der Waals surface area contributed by atoms with Crippen LogP contribution in [0.5, 0.6) is 0 Å². The number of aliphatic carboxylic acids is 1. The standard InChI is InChI=1S/C16H24N2O6/c1-8(2)11-12(19)17-7-5-6-10(17)16(23)18(11)13(20)15(24-16,9(3)4)14(21)22/h8-11,23H,5-7H2,1-4H3,(H,21,22)/t10?,11-,15-,16-/m0/s1. The molecule has 2 N–H and O–H groups in total. The molecule has 3 rings (SSSR count). The zero-order valence-electron chi connectivity index (χ0n) is 14.4. The fourth-order valence-electron chi connectivity index (χ4n) is 4.24. The summed E-state index contributed by atoms with van der Waals surface area (Å²) in [6, 6.07) is -1.67. The van der Waals surface area contributed by atoms with Crippen molar-refractivity contribution >= 4 is 17.8 Å². The normalized spacial score (nSPS) is 39.0. The molecule has 0 bridgehead atoms. The van der Waals surface area contributed by atoms with Crippen molar-refractivity contribution in [1.82, 2.24) is 9.80 Å². The molecular weight excluding hydrogens is 316 g/mol. The molecular formula is C16H24N2O6. The second kappa shape index (κ2) is 5.16. The lowest BCUT2D eigenvalue weighted by Crippen LogP contribution is -2.72. The first kappa shape index (κ1) is 17.2. The van der Waals surface area contributed by atoms with Crippen molar-refractivity contribution in [2.75, 3.05) is 6.54 Å². The van der Waals surface area contributed by atoms with Crippen LogP contribution in [0.3, 0.4) is 0 Å². The van der Waals surface area contributed by atoms with Gasteiger partial charge in [0, 0.05) is 12.5 Å². The number of piperazine rings is 1. The second-order valence-electron chi connectivity index (χ2n) is 7.51. The lowest BCUT2D eigenvalue weighted by Gasteiger charge is -2.49. The van der Waals surface area contributed by atoms with Gasteiger partial charge in [-0.2, -0.15) is 0 Å². The van der Waals surface area contributed by atoms with Crippen molar-refractivity contribution in [1.29, 1.82) is 0 Å². The second-order valence-corrected chi connectivity index (χ2v) is 7.51. The molecule has 0 radical (unpaired) electrons. The first-order chi connectivity index (χ1) is 11.1. The van der Waals surface area contributed by atoms with Crippen LogP contribution in [-0.2, 0) is 19.1 Å². The third-order valence-corrected chi connectivity index (χ3v) is 5.46. The summed E-state index contributed by atoms with van der Waals surface area (Å²) >= 11 is 0. The van der Waals surface area contributed by atoms with E-state index in [1.807, 2.05) is 0 Å². The molecule has 0 aromatic heterocycles. The van der Waals surface area contributed by atoms with Crippen molar-refractivity contribution < 1.29 is 29.3 Å². The van der Waals surface area contributed by atoms with E-state index in [1.165, 1.54) is 4.90 Å². The van der Waals surface area contributed by atoms with E-state index in [1.54, 1.807) is 27.7 Å². The molecule has 3 heterocycles. The lowest BCUT2D eigenvalue weighted by atomic mass is 9.88. The minimum Gasteiger partial charge on any atom is -0.479 e. The Balaban J connectivity index is 2.19. The average Bonchev–Trinajstić information content (AvgIpc) is 3.04. The predicted octanol–water partition coefficient (Wildman–Crippen LogP) is -0.0001000. The van der Waals surface area contributed by atoms with Gasteiger partial charge in [-0.25, -0.2) is 4.79 Å². The highest BCUT2D eigenvalue weighted by molar-refractivity contribution is 6.09. The highest BCUT2D eigenvalue weighted by Crippen LogP contribution is 2.49. The van der Waals surface area contributed by atoms with Gasteiger partial charge in [-0.1, -0.05) is 27.7 Å². The van der Waals surface area contributed by atoms with Gasteiger partial charge < -0.3 is 19.8 Å². The van der Waals surface area contributed by atoms with Gasteiger partial charge in [0.1, 0.15) is 12.1 Å². The summed E-state index contributed by atoms with van der Waals surface area (Å²) < 4.78 is 5.66. The lowest BCUT2D eigenvalue weighted by molar-refractivity contribution is -0.318. The Morgan fingerprint density at radius 1 is 1.29 bits per heavy atom. The molecule has 3 aliphatic heterocycles. The van der Waals surface area contributed by atoms with E-state index in [-0.39, 0.29) is 11.8 Å². The van der Waals surface area contributed by atoms with Crippen molar-refractivity contribution in [2.24, 2.45) is 11.8 Å². The number of aliphatic hydroxyl groups is 1. The molecule has 0 aromatic carbocycles. The molecule has 1 unspecified atom stereocenters. The number of rotatable bonds is 3. The van der Waals surface area contributed by atoms with E-state index in [2.05, 4.69) is 0 Å². The SMILES string of the molecule is CC(C)[C@H]1C(=O)N2CCCC2[C@]2(O)O[C@@](C(=O)O)(C(C)C)C(=O)N12. The summed E-state index contributed by atoms with van der Waals surface area (Å²) in [5.74, 6) is -5.61. The molecule has 0 spiro atoms. The number of carboxylic acid groups (broad SMARTS) is 1. The number of nitrogens with zero attached hydrogens (tertiary/aromatic N) is 2. The van der Waals surface area contributed by atoms with E-state index in [0.29, 0.717) is 19.4 Å². The Hall–Kier alpha value is -1.67. The number of hydrogen-bond donors (Lipinski definition) is 2. The van der Waals surface area contributed by atoms with Crippen molar-refractivity contribution in [2.45, 2.75) is 64.1 Å². The fraction of sp³-hybridized carbons (Fsp3) is 0.812. The van der Waals surface area contributed by atoms with Crippen LogP contribution in [0.15, 0.2) is 0 Å². The fourth-order valence-corrected chi connectivity index (χ4v) is 4.24. The van der Waals surface area contributed by atoms with E-state index >= 15 is 0 Å². The van der Waals surface area contributed by atoms with Crippen LogP contribution < -0.4 is 0 Å². The average molecular weight is 340 g/mol. The molecule has 0 aromatic rings. The zero-order valence-corrected chi connectivity index (χ0v) is 14.4. The van der Waals surface area contributed by atoms with Gasteiger partial charge in [0.05, 0.1) is 0 Å². The molecule has 0 saturated carbocycles. The molecule has 134 valence electrons. The van der Waals surface area contributed by atoms with Crippen molar-refractivity contribution in [3.8, 4) is 0 Å². The molecule has 3 fully saturated rings. The van der Waals surface area contributed by atoms with Gasteiger partial charge in [0.15, 0.2) is 0 Å². The first-order valence-electron chi connectivity index (χ1n) is 8.39. The highest BCUT2D eigenvalue weighted by atomic mass is 16.7. The van der Waals surface area contributed by atoms with E-state index < -0.39 is 41.4 Å². The van der Waals surface area contributed by atoms with Crippen LogP contribution in [0.25, 0.3) is 0 Å². The van der Waals surface area contributed by atoms with Gasteiger partial charge in [-0.05, 0) is 18.8 Å². The van der Waals surface area contributed by atoms with Crippen LogP contribution in [0.4, 0.5) is 0 Å². The van der Waals surface area contributed by atoms with E-state index in [0.717, 1.165) is 4.90 Å². The predicted molar refractivity (Wildman–Crippen MR) is 81.4 cm³/mol. The van der Waals surface area contributed by atoms with Gasteiger partial charge in [-0.3, -0.25) is 14.5 Å². The van der Waals surface area contributed by atoms with Crippen LogP contribution in [0, 0.1) is 11.8 Å². The smallest absolute Gasteiger partial charge is 0.346 e. The summed E-state index contributed by atoms with van der Waals surface area (Å²) in [6.07, 6.45) is 1.14. The molecule has 3 aliphatic rings. The number of carbonyl (C=O) groups is 3. The molecule has 8 heteroatoms. The van der Waals surface area contributed by atoms with Crippen LogP contribution >= 0.6 is 0 Å². The molecule has 2 amide bonds. The quantitative estimate of drug-likeness (QED) is 0.700. The van der Waals surface area contributed by atoms with E-state index in [9.17, 15) is 24.6 Å². The van der Waals surface area contributed by atoms with Crippen LogP contribution in [-0.4, -0.2) is 67.9 Å². The molecule has 8 nitrogen and oxygen atoms in total. The summed E-state index contributed by atoms with van der Waals surface area (Å²) in [5.41, 5.74) is -2.18. The Morgan fingerprint density at radius 3 is 2.42 bits per heavy atom. The summed E-state index contributed by atoms with van der Waals surface area (Å²) in [4.78, 5) is 40.4. The van der Waals surface area contributed by atoms with Gasteiger partial charge in [0.2, 0.25) is 11.5 Å². The number of carboxylic acids is 1. The largest absolute Gasteiger partial charge is 0.479 e. The monoisotopic (exact) mass is 340 g/mol. The maximum atomic E-state index is 13.1. The third kappa shape index (κ3) is 1.84. The Morgan fingerprint density at radius 2 is 1.92 bits per heavy atom. The summed E-state index contributed by atoms with van der Waals surface area (Å²) in [6.45, 7) is 7.13. The highest BCUT2D eigenvalue weighted by Gasteiger charge is 2.74. The maximum Gasteiger partial charge on any atom is 0.346 e. The number of hydrogen-bond acceptors (Lipinski definition) is 5. The topological polar surface area (TPSA) is 107 Å². The molecule has 0 aliphatic carbocycles. The van der Waals surface area contributed by atoms with Gasteiger partial charge >= 0.3 is 5.97 Å². The summed E-state index contributed by atoms with van der Waals surface area (Å²) in [5, 5.41) is 21.0. The molecule has 3 saturated heterocycles. The molecule has 4 atom stereocenters. The number of carbonyl (C=O) groups excluding carboxylic acids is 2. The summed E-state index contributed by atoms with van der Waals surface area (Å²) in [7, 11) is 0. The Kier molecular flexibility index (Phi) is 3.69. The number of fused-ring (bicyclic) bond motifs is 3. The Bertz CT molecular complexity index is 605. The number of amides is 2. The van der Waals surface area contributed by atoms with E-state index in [4.69, 9.17) is 4.74 Å². The zero-order chi connectivity index (χ0) is 18.0. The first-order valence-corrected chi connectivity index (χ1v) is 8.39. The van der Waals surface area contributed by atoms with Crippen molar-refractivity contribution in [3.63, 3.8) is 0 Å². The number of ether oxygens (including phenoxy) is 1. The Labute approximate surface area is 140 Å². The van der Waals surface area contributed by atoms with Gasteiger partial charge in [-0.15, -0.1) is 0 Å². The minimum absolute atomic E-state index is 0.251. The maximum absolute atomic E-state index is 13.1.